The maximum Gasteiger partial charge on any atom is 0.310 e. The van der Waals surface area contributed by atoms with Gasteiger partial charge in [-0.2, -0.15) is 0 Å². The van der Waals surface area contributed by atoms with E-state index in [4.69, 9.17) is 18.6 Å². The molecule has 6 heteroatoms. The molecule has 0 amide bonds. The van der Waals surface area contributed by atoms with Gasteiger partial charge in [0.15, 0.2) is 14.1 Å². The Bertz CT molecular complexity index is 569. The van der Waals surface area contributed by atoms with Gasteiger partial charge in [0.2, 0.25) is 0 Å². The SMILES string of the molecule is C[C@H](O[Si](C)(C)C)[C@@H]1OC(=O)[C@@H]2C[C@@H](C3(C)OCC(C)(C)CO3)C=C[C@@H]12. The van der Waals surface area contributed by atoms with Crippen LogP contribution < -0.4 is 0 Å². The highest BCUT2D eigenvalue weighted by molar-refractivity contribution is 6.69. The summed E-state index contributed by atoms with van der Waals surface area (Å²) in [5.41, 5.74) is 0.0292. The molecule has 2 aliphatic heterocycles. The van der Waals surface area contributed by atoms with Gasteiger partial charge >= 0.3 is 5.97 Å². The van der Waals surface area contributed by atoms with E-state index < -0.39 is 14.1 Å². The van der Waals surface area contributed by atoms with Gasteiger partial charge in [-0.05, 0) is 39.9 Å². The highest BCUT2D eigenvalue weighted by Gasteiger charge is 2.52. The summed E-state index contributed by atoms with van der Waals surface area (Å²) in [6, 6.07) is 0. The first-order valence-corrected chi connectivity index (χ1v) is 13.2. The van der Waals surface area contributed by atoms with Crippen molar-refractivity contribution in [3.05, 3.63) is 12.2 Å². The lowest BCUT2D eigenvalue weighted by Gasteiger charge is -2.46. The smallest absolute Gasteiger partial charge is 0.310 e. The van der Waals surface area contributed by atoms with Crippen molar-refractivity contribution < 1.29 is 23.4 Å². The van der Waals surface area contributed by atoms with Crippen LogP contribution in [0.15, 0.2) is 12.2 Å². The first-order valence-electron chi connectivity index (χ1n) is 9.75. The monoisotopic (exact) mass is 382 g/mol. The highest BCUT2D eigenvalue weighted by atomic mass is 28.4. The summed E-state index contributed by atoms with van der Waals surface area (Å²) in [5.74, 6) is -0.787. The van der Waals surface area contributed by atoms with E-state index in [2.05, 4.69) is 45.6 Å². The Hall–Kier alpha value is -0.693. The van der Waals surface area contributed by atoms with Crippen LogP contribution in [0.2, 0.25) is 19.6 Å². The summed E-state index contributed by atoms with van der Waals surface area (Å²) >= 11 is 0. The molecule has 3 aliphatic rings. The molecule has 0 aromatic heterocycles. The molecule has 148 valence electrons. The molecule has 2 fully saturated rings. The number of cyclic esters (lactones) is 1. The van der Waals surface area contributed by atoms with Gasteiger partial charge in [-0.3, -0.25) is 4.79 Å². The van der Waals surface area contributed by atoms with Crippen molar-refractivity contribution in [2.24, 2.45) is 23.2 Å². The summed E-state index contributed by atoms with van der Waals surface area (Å²) in [5, 5.41) is 0. The van der Waals surface area contributed by atoms with Crippen LogP contribution in [-0.4, -0.2) is 45.5 Å². The minimum Gasteiger partial charge on any atom is -0.459 e. The average molecular weight is 383 g/mol. The second-order valence-electron chi connectivity index (χ2n) is 10.0. The van der Waals surface area contributed by atoms with Crippen molar-refractivity contribution in [2.75, 3.05) is 13.2 Å². The average Bonchev–Trinajstić information content (AvgIpc) is 2.86. The van der Waals surface area contributed by atoms with Gasteiger partial charge in [-0.25, -0.2) is 0 Å². The predicted octanol–water partition coefficient (Wildman–Crippen LogP) is 3.75. The minimum atomic E-state index is -1.69. The molecule has 0 bridgehead atoms. The van der Waals surface area contributed by atoms with Gasteiger partial charge in [0, 0.05) is 17.3 Å². The normalized spacial score (nSPS) is 37.1. The summed E-state index contributed by atoms with van der Waals surface area (Å²) in [4.78, 5) is 12.5. The Balaban J connectivity index is 1.72. The highest BCUT2D eigenvalue weighted by Crippen LogP contribution is 2.45. The molecule has 0 radical (unpaired) electrons. The van der Waals surface area contributed by atoms with Crippen LogP contribution in [0.5, 0.6) is 0 Å². The van der Waals surface area contributed by atoms with E-state index in [-0.39, 0.29) is 41.3 Å². The molecule has 0 saturated carbocycles. The van der Waals surface area contributed by atoms with Gasteiger partial charge in [0.1, 0.15) is 6.10 Å². The molecule has 0 spiro atoms. The summed E-state index contributed by atoms with van der Waals surface area (Å²) in [6.07, 6.45) is 4.72. The van der Waals surface area contributed by atoms with E-state index in [1.165, 1.54) is 0 Å². The number of hydrogen-bond donors (Lipinski definition) is 0. The molecule has 3 rings (SSSR count). The number of esters is 1. The second kappa shape index (κ2) is 6.73. The third-order valence-corrected chi connectivity index (χ3v) is 6.73. The van der Waals surface area contributed by atoms with E-state index in [0.29, 0.717) is 19.6 Å². The first-order chi connectivity index (χ1) is 11.9. The fraction of sp³-hybridized carbons (Fsp3) is 0.850. The predicted molar refractivity (Wildman–Crippen MR) is 102 cm³/mol. The summed E-state index contributed by atoms with van der Waals surface area (Å²) < 4.78 is 24.1. The standard InChI is InChI=1S/C20H34O5Si/c1-13(25-26(5,6)7)17-15-9-8-14(10-16(15)18(21)24-17)20(4)22-11-19(2,3)12-23-20/h8-9,13-17H,10-12H2,1-7H3/t13-,14-,15+,16+,17-/m0/s1. The zero-order valence-electron chi connectivity index (χ0n) is 17.2. The second-order valence-corrected chi connectivity index (χ2v) is 14.5. The molecule has 0 aromatic carbocycles. The molecular weight excluding hydrogens is 348 g/mol. The van der Waals surface area contributed by atoms with Gasteiger partial charge < -0.3 is 18.6 Å². The zero-order chi connectivity index (χ0) is 19.3. The van der Waals surface area contributed by atoms with E-state index in [1.54, 1.807) is 0 Å². The Morgan fingerprint density at radius 1 is 1.15 bits per heavy atom. The summed E-state index contributed by atoms with van der Waals surface area (Å²) in [7, 11) is -1.69. The minimum absolute atomic E-state index is 0.0292. The zero-order valence-corrected chi connectivity index (χ0v) is 18.2. The lowest BCUT2D eigenvalue weighted by atomic mass is 9.74. The Labute approximate surface area is 158 Å². The van der Waals surface area contributed by atoms with Crippen molar-refractivity contribution in [3.8, 4) is 0 Å². The van der Waals surface area contributed by atoms with Gasteiger partial charge in [-0.1, -0.05) is 26.0 Å². The van der Waals surface area contributed by atoms with E-state index in [0.717, 1.165) is 0 Å². The number of fused-ring (bicyclic) bond motifs is 1. The fourth-order valence-corrected chi connectivity index (χ4v) is 5.44. The van der Waals surface area contributed by atoms with Crippen LogP contribution in [0.4, 0.5) is 0 Å². The molecule has 26 heavy (non-hydrogen) atoms. The summed E-state index contributed by atoms with van der Waals surface area (Å²) in [6.45, 7) is 16.1. The maximum absolute atomic E-state index is 12.5. The van der Waals surface area contributed by atoms with Crippen LogP contribution in [0.25, 0.3) is 0 Å². The first kappa shape index (κ1) is 20.1. The quantitative estimate of drug-likeness (QED) is 0.421. The van der Waals surface area contributed by atoms with Crippen LogP contribution in [0.1, 0.15) is 34.1 Å². The lowest BCUT2D eigenvalue weighted by molar-refractivity contribution is -0.308. The number of rotatable bonds is 4. The topological polar surface area (TPSA) is 54.0 Å². The van der Waals surface area contributed by atoms with Crippen LogP contribution >= 0.6 is 0 Å². The van der Waals surface area contributed by atoms with Crippen LogP contribution in [-0.2, 0) is 23.4 Å². The molecule has 0 N–H and O–H groups in total. The Morgan fingerprint density at radius 2 is 1.77 bits per heavy atom. The van der Waals surface area contributed by atoms with Gasteiger partial charge in [0.25, 0.3) is 0 Å². The van der Waals surface area contributed by atoms with Crippen molar-refractivity contribution in [1.82, 2.24) is 0 Å². The third kappa shape index (κ3) is 4.08. The fourth-order valence-electron chi connectivity index (χ4n) is 4.19. The Morgan fingerprint density at radius 3 is 2.35 bits per heavy atom. The van der Waals surface area contributed by atoms with Crippen molar-refractivity contribution >= 4 is 14.3 Å². The van der Waals surface area contributed by atoms with E-state index in [9.17, 15) is 4.79 Å². The molecule has 2 saturated heterocycles. The van der Waals surface area contributed by atoms with Crippen molar-refractivity contribution in [1.29, 1.82) is 0 Å². The Kier molecular flexibility index (Phi) is 5.19. The molecule has 0 aromatic rings. The van der Waals surface area contributed by atoms with Crippen molar-refractivity contribution in [3.63, 3.8) is 0 Å². The van der Waals surface area contributed by atoms with Crippen LogP contribution in [0, 0.1) is 23.2 Å². The van der Waals surface area contributed by atoms with Gasteiger partial charge in [0.05, 0.1) is 25.2 Å². The number of ether oxygens (including phenoxy) is 3. The number of carbonyl (C=O) groups excluding carboxylic acids is 1. The van der Waals surface area contributed by atoms with Crippen LogP contribution in [0.3, 0.4) is 0 Å². The van der Waals surface area contributed by atoms with E-state index >= 15 is 0 Å². The molecule has 1 aliphatic carbocycles. The van der Waals surface area contributed by atoms with E-state index in [1.807, 2.05) is 13.8 Å². The lowest BCUT2D eigenvalue weighted by Crippen LogP contribution is -2.51. The third-order valence-electron chi connectivity index (χ3n) is 5.65. The molecule has 2 heterocycles. The molecule has 0 unspecified atom stereocenters. The van der Waals surface area contributed by atoms with Gasteiger partial charge in [-0.15, -0.1) is 0 Å². The number of carbonyl (C=O) groups is 1. The maximum atomic E-state index is 12.5. The van der Waals surface area contributed by atoms with Crippen molar-refractivity contribution in [2.45, 2.75) is 71.8 Å². The molecular formula is C20H34O5Si. The largest absolute Gasteiger partial charge is 0.459 e. The molecule has 5 atom stereocenters. The number of hydrogen-bond acceptors (Lipinski definition) is 5. The molecule has 5 nitrogen and oxygen atoms in total.